The minimum Gasteiger partial charge on any atom is -0.493 e. The molecule has 0 aliphatic rings. The third-order valence-corrected chi connectivity index (χ3v) is 7.02. The van der Waals surface area contributed by atoms with E-state index in [0.717, 1.165) is 17.4 Å². The Morgan fingerprint density at radius 2 is 1.53 bits per heavy atom. The van der Waals surface area contributed by atoms with Crippen molar-refractivity contribution in [3.8, 4) is 45.8 Å². The molecule has 0 spiro atoms. The summed E-state index contributed by atoms with van der Waals surface area (Å²) in [5.74, 6) is 0.386. The molecular formula is C29H29N5O8S. The summed E-state index contributed by atoms with van der Waals surface area (Å²) in [4.78, 5) is 24.6. The van der Waals surface area contributed by atoms with Crippen molar-refractivity contribution in [1.82, 2.24) is 20.2 Å². The van der Waals surface area contributed by atoms with E-state index >= 15 is 0 Å². The number of hydrogen-bond donors (Lipinski definition) is 2. The zero-order valence-corrected chi connectivity index (χ0v) is 24.8. The molecule has 1 amide bonds. The first-order chi connectivity index (χ1) is 20.9. The van der Waals surface area contributed by atoms with Crippen LogP contribution in [0.4, 0.5) is 0 Å². The molecule has 1 aromatic heterocycles. The first-order valence-electron chi connectivity index (χ1n) is 12.6. The van der Waals surface area contributed by atoms with Crippen molar-refractivity contribution in [2.75, 3.05) is 41.3 Å². The summed E-state index contributed by atoms with van der Waals surface area (Å²) in [6.45, 7) is 0. The maximum absolute atomic E-state index is 12.7. The predicted octanol–water partition coefficient (Wildman–Crippen LogP) is 3.92. The number of carbonyl (C=O) groups is 2. The number of nitrogens with one attached hydrogen (secondary N) is 1. The first-order valence-corrected chi connectivity index (χ1v) is 13.6. The van der Waals surface area contributed by atoms with Crippen LogP contribution in [0.25, 0.3) is 17.1 Å². The van der Waals surface area contributed by atoms with Gasteiger partial charge in [0.2, 0.25) is 5.75 Å². The van der Waals surface area contributed by atoms with Crippen molar-refractivity contribution in [3.05, 3.63) is 65.7 Å². The van der Waals surface area contributed by atoms with Gasteiger partial charge in [0.1, 0.15) is 5.56 Å². The second-order valence-electron chi connectivity index (χ2n) is 8.54. The summed E-state index contributed by atoms with van der Waals surface area (Å²) < 4.78 is 28.6. The summed E-state index contributed by atoms with van der Waals surface area (Å²) in [7, 11) is 7.32. The molecule has 0 bridgehead atoms. The average Bonchev–Trinajstić information content (AvgIpc) is 3.46. The lowest BCUT2D eigenvalue weighted by atomic mass is 10.1. The lowest BCUT2D eigenvalue weighted by molar-refractivity contribution is -0.118. The number of para-hydroxylation sites is 1. The number of hydrogen-bond acceptors (Lipinski definition) is 11. The van der Waals surface area contributed by atoms with E-state index < -0.39 is 11.9 Å². The molecule has 0 saturated carbocycles. The van der Waals surface area contributed by atoms with Gasteiger partial charge in [-0.3, -0.25) is 9.36 Å². The van der Waals surface area contributed by atoms with Gasteiger partial charge in [0.05, 0.1) is 47.5 Å². The van der Waals surface area contributed by atoms with Crippen molar-refractivity contribution >= 4 is 29.9 Å². The quantitative estimate of drug-likeness (QED) is 0.129. The number of aromatic carboxylic acids is 1. The van der Waals surface area contributed by atoms with Gasteiger partial charge in [0, 0.05) is 16.8 Å². The normalized spacial score (nSPS) is 10.8. The molecule has 3 aromatic carbocycles. The maximum Gasteiger partial charge on any atom is 0.340 e. The molecule has 0 aliphatic carbocycles. The summed E-state index contributed by atoms with van der Waals surface area (Å²) in [6, 6.07) is 16.0. The molecule has 0 saturated heterocycles. The van der Waals surface area contributed by atoms with E-state index in [4.69, 9.17) is 23.7 Å². The van der Waals surface area contributed by atoms with Crippen molar-refractivity contribution < 1.29 is 38.4 Å². The Balaban J connectivity index is 1.58. The maximum atomic E-state index is 12.7. The topological polar surface area (TPSA) is 156 Å². The molecule has 13 nitrogen and oxygen atoms in total. The van der Waals surface area contributed by atoms with Gasteiger partial charge in [0.15, 0.2) is 34.0 Å². The van der Waals surface area contributed by atoms with Gasteiger partial charge >= 0.3 is 5.97 Å². The third kappa shape index (κ3) is 6.64. The van der Waals surface area contributed by atoms with E-state index in [0.29, 0.717) is 33.8 Å². The zero-order valence-electron chi connectivity index (χ0n) is 24.0. The van der Waals surface area contributed by atoms with Crippen LogP contribution >= 0.6 is 11.8 Å². The van der Waals surface area contributed by atoms with Crippen LogP contribution in [0.1, 0.15) is 15.9 Å². The SMILES string of the molecule is COc1cc(-c2nnc(SCC(=O)N/N=C\c3ccc(OC)c(OC)c3C(=O)O)n2-c2ccccc2)cc(OC)c1OC. The number of nitrogens with zero attached hydrogens (tertiary/aromatic N) is 4. The van der Waals surface area contributed by atoms with Gasteiger partial charge in [-0.15, -0.1) is 10.2 Å². The summed E-state index contributed by atoms with van der Waals surface area (Å²) in [5.41, 5.74) is 3.90. The molecule has 0 aliphatic heterocycles. The number of methoxy groups -OCH3 is 5. The van der Waals surface area contributed by atoms with E-state index in [1.165, 1.54) is 47.8 Å². The summed E-state index contributed by atoms with van der Waals surface area (Å²) >= 11 is 1.14. The lowest BCUT2D eigenvalue weighted by Gasteiger charge is -2.15. The van der Waals surface area contributed by atoms with Crippen molar-refractivity contribution in [1.29, 1.82) is 0 Å². The molecule has 0 unspecified atom stereocenters. The average molecular weight is 608 g/mol. The molecule has 43 heavy (non-hydrogen) atoms. The largest absolute Gasteiger partial charge is 0.493 e. The molecule has 0 atom stereocenters. The number of ether oxygens (including phenoxy) is 5. The van der Waals surface area contributed by atoms with E-state index in [1.807, 2.05) is 34.9 Å². The van der Waals surface area contributed by atoms with Crippen molar-refractivity contribution in [3.63, 3.8) is 0 Å². The van der Waals surface area contributed by atoms with Crippen LogP contribution in [0, 0.1) is 0 Å². The minimum absolute atomic E-state index is 0.0454. The molecular weight excluding hydrogens is 578 g/mol. The number of rotatable bonds is 13. The molecule has 0 radical (unpaired) electrons. The Bertz CT molecular complexity index is 1620. The number of carboxylic acid groups (broad SMARTS) is 1. The fraction of sp³-hybridized carbons (Fsp3) is 0.207. The van der Waals surface area contributed by atoms with Gasteiger partial charge in [0.25, 0.3) is 5.91 Å². The smallest absolute Gasteiger partial charge is 0.340 e. The van der Waals surface area contributed by atoms with Gasteiger partial charge in [-0.05, 0) is 36.4 Å². The number of amides is 1. The molecule has 14 heteroatoms. The highest BCUT2D eigenvalue weighted by Gasteiger charge is 2.22. The zero-order chi connectivity index (χ0) is 30.9. The molecule has 4 aromatic rings. The number of carboxylic acids is 1. The standard InChI is InChI=1S/C29H29N5O8S/c1-38-20-12-11-17(24(28(36)37)26(20)42-5)15-30-31-23(35)16-43-29-33-32-27(34(29)19-9-7-6-8-10-19)18-13-21(39-2)25(41-4)22(14-18)40-3/h6-15H,16H2,1-5H3,(H,31,35)(H,36,37)/b30-15-. The lowest BCUT2D eigenvalue weighted by Crippen LogP contribution is -2.20. The monoisotopic (exact) mass is 607 g/mol. The van der Waals surface area contributed by atoms with Gasteiger partial charge in [-0.25, -0.2) is 10.2 Å². The number of benzene rings is 3. The fourth-order valence-corrected chi connectivity index (χ4v) is 4.92. The molecule has 4 rings (SSSR count). The van der Waals surface area contributed by atoms with Crippen LogP contribution in [-0.2, 0) is 4.79 Å². The predicted molar refractivity (Wildman–Crippen MR) is 159 cm³/mol. The molecule has 0 fully saturated rings. The highest BCUT2D eigenvalue weighted by Crippen LogP contribution is 2.41. The molecule has 1 heterocycles. The molecule has 224 valence electrons. The van der Waals surface area contributed by atoms with Crippen molar-refractivity contribution in [2.24, 2.45) is 5.10 Å². The van der Waals surface area contributed by atoms with Crippen LogP contribution in [0.2, 0.25) is 0 Å². The Hall–Kier alpha value is -5.24. The fourth-order valence-electron chi connectivity index (χ4n) is 4.18. The van der Waals surface area contributed by atoms with E-state index in [-0.39, 0.29) is 28.4 Å². The second kappa shape index (κ2) is 14.1. The number of carbonyl (C=O) groups excluding carboxylic acids is 1. The number of thioether (sulfide) groups is 1. The van der Waals surface area contributed by atoms with Gasteiger partial charge in [-0.2, -0.15) is 5.10 Å². The first kappa shape index (κ1) is 30.7. The van der Waals surface area contributed by atoms with E-state index in [1.54, 1.807) is 18.2 Å². The van der Waals surface area contributed by atoms with E-state index in [2.05, 4.69) is 20.7 Å². The highest BCUT2D eigenvalue weighted by atomic mass is 32.2. The van der Waals surface area contributed by atoms with Crippen LogP contribution in [-0.4, -0.2) is 79.3 Å². The summed E-state index contributed by atoms with van der Waals surface area (Å²) in [6.07, 6.45) is 1.23. The third-order valence-electron chi connectivity index (χ3n) is 6.09. The minimum atomic E-state index is -1.23. The van der Waals surface area contributed by atoms with Crippen LogP contribution < -0.4 is 29.1 Å². The summed E-state index contributed by atoms with van der Waals surface area (Å²) in [5, 5.41) is 22.8. The Labute approximate surface area is 251 Å². The van der Waals surface area contributed by atoms with Crippen LogP contribution in [0.15, 0.2) is 64.9 Å². The second-order valence-corrected chi connectivity index (χ2v) is 9.49. The van der Waals surface area contributed by atoms with Crippen LogP contribution in [0.3, 0.4) is 0 Å². The highest BCUT2D eigenvalue weighted by molar-refractivity contribution is 7.99. The van der Waals surface area contributed by atoms with Crippen LogP contribution in [0.5, 0.6) is 28.7 Å². The molecule has 2 N–H and O–H groups in total. The number of hydrazone groups is 1. The Morgan fingerprint density at radius 3 is 2.12 bits per heavy atom. The Kier molecular flexibility index (Phi) is 10.1. The van der Waals surface area contributed by atoms with Gasteiger partial charge < -0.3 is 28.8 Å². The number of aromatic nitrogens is 3. The van der Waals surface area contributed by atoms with Gasteiger partial charge in [-0.1, -0.05) is 30.0 Å². The Morgan fingerprint density at radius 1 is 0.884 bits per heavy atom. The van der Waals surface area contributed by atoms with Crippen molar-refractivity contribution in [2.45, 2.75) is 5.16 Å². The van der Waals surface area contributed by atoms with E-state index in [9.17, 15) is 14.7 Å².